The highest BCUT2D eigenvalue weighted by molar-refractivity contribution is 9.11. The quantitative estimate of drug-likeness (QED) is 0.580. The van der Waals surface area contributed by atoms with E-state index in [1.165, 1.54) is 11.3 Å². The maximum Gasteiger partial charge on any atom is 0.306 e. The highest BCUT2D eigenvalue weighted by Crippen LogP contribution is 2.21. The van der Waals surface area contributed by atoms with Crippen molar-refractivity contribution in [2.24, 2.45) is 0 Å². The molecule has 2 aromatic heterocycles. The first-order chi connectivity index (χ1) is 10.1. The van der Waals surface area contributed by atoms with Crippen molar-refractivity contribution >= 4 is 50.5 Å². The normalized spacial score (nSPS) is 10.3. The van der Waals surface area contributed by atoms with Gasteiger partial charge in [0.2, 0.25) is 0 Å². The molecule has 0 aromatic carbocycles. The van der Waals surface area contributed by atoms with E-state index in [1.807, 2.05) is 22.9 Å². The first-order valence-electron chi connectivity index (χ1n) is 6.35. The molecular weight excluding hydrogens is 374 g/mol. The standard InChI is InChI=1S/C14H14BrNO3S2/c15-12-7-10(9-21-12)8-19-13(17)4-1-5-16-14(18)11-3-2-6-20-11/h2-3,6-7,9H,1,4-5,8H2,(H,16,18). The van der Waals surface area contributed by atoms with E-state index in [0.29, 0.717) is 30.9 Å². The second kappa shape index (κ2) is 8.31. The second-order valence-corrected chi connectivity index (χ2v) is 7.49. The molecule has 0 saturated heterocycles. The molecule has 0 bridgehead atoms. The number of rotatable bonds is 7. The van der Waals surface area contributed by atoms with E-state index in [0.717, 1.165) is 9.35 Å². The summed E-state index contributed by atoms with van der Waals surface area (Å²) < 4.78 is 6.18. The van der Waals surface area contributed by atoms with E-state index in [1.54, 1.807) is 17.4 Å². The molecule has 0 aliphatic rings. The lowest BCUT2D eigenvalue weighted by Crippen LogP contribution is -2.24. The van der Waals surface area contributed by atoms with Gasteiger partial charge in [0, 0.05) is 18.5 Å². The summed E-state index contributed by atoms with van der Waals surface area (Å²) in [5, 5.41) is 6.58. The molecule has 2 heterocycles. The van der Waals surface area contributed by atoms with Crippen LogP contribution in [0.5, 0.6) is 0 Å². The van der Waals surface area contributed by atoms with Crippen LogP contribution in [0.3, 0.4) is 0 Å². The molecular formula is C14H14BrNO3S2. The number of thiophene rings is 2. The Morgan fingerprint density at radius 1 is 1.33 bits per heavy atom. The Kier molecular flexibility index (Phi) is 6.41. The van der Waals surface area contributed by atoms with Gasteiger partial charge in [-0.15, -0.1) is 22.7 Å². The number of carbonyl (C=O) groups is 2. The van der Waals surface area contributed by atoms with Crippen molar-refractivity contribution in [3.05, 3.63) is 43.2 Å². The molecule has 4 nitrogen and oxygen atoms in total. The number of ether oxygens (including phenoxy) is 1. The Balaban J connectivity index is 1.58. The van der Waals surface area contributed by atoms with Gasteiger partial charge in [-0.05, 0) is 45.2 Å². The van der Waals surface area contributed by atoms with Crippen LogP contribution in [0.15, 0.2) is 32.7 Å². The molecule has 0 spiro atoms. The molecule has 2 aromatic rings. The SMILES string of the molecule is O=C(CCCNC(=O)c1cccs1)OCc1csc(Br)c1. The lowest BCUT2D eigenvalue weighted by atomic mass is 10.3. The minimum Gasteiger partial charge on any atom is -0.461 e. The Labute approximate surface area is 139 Å². The monoisotopic (exact) mass is 387 g/mol. The molecule has 0 saturated carbocycles. The van der Waals surface area contributed by atoms with Gasteiger partial charge < -0.3 is 10.1 Å². The summed E-state index contributed by atoms with van der Waals surface area (Å²) in [5.74, 6) is -0.343. The first-order valence-corrected chi connectivity index (χ1v) is 8.90. The molecule has 0 radical (unpaired) electrons. The fourth-order valence-electron chi connectivity index (χ4n) is 1.59. The average molecular weight is 388 g/mol. The van der Waals surface area contributed by atoms with E-state index in [9.17, 15) is 9.59 Å². The molecule has 112 valence electrons. The topological polar surface area (TPSA) is 55.4 Å². The molecule has 0 aliphatic carbocycles. The van der Waals surface area contributed by atoms with Crippen molar-refractivity contribution < 1.29 is 14.3 Å². The van der Waals surface area contributed by atoms with Crippen LogP contribution in [-0.2, 0) is 16.1 Å². The van der Waals surface area contributed by atoms with E-state index in [2.05, 4.69) is 21.2 Å². The van der Waals surface area contributed by atoms with E-state index in [-0.39, 0.29) is 11.9 Å². The van der Waals surface area contributed by atoms with Crippen LogP contribution >= 0.6 is 38.6 Å². The highest BCUT2D eigenvalue weighted by atomic mass is 79.9. The third-order valence-electron chi connectivity index (χ3n) is 2.61. The number of nitrogens with one attached hydrogen (secondary N) is 1. The van der Waals surface area contributed by atoms with Gasteiger partial charge in [0.05, 0.1) is 8.66 Å². The number of esters is 1. The lowest BCUT2D eigenvalue weighted by Gasteiger charge is -2.04. The predicted octanol–water partition coefficient (Wildman–Crippen LogP) is 3.83. The average Bonchev–Trinajstić information content (AvgIpc) is 3.12. The van der Waals surface area contributed by atoms with Gasteiger partial charge in [-0.3, -0.25) is 9.59 Å². The van der Waals surface area contributed by atoms with Crippen molar-refractivity contribution in [1.29, 1.82) is 0 Å². The Bertz CT molecular complexity index is 595. The number of carbonyl (C=O) groups excluding carboxylic acids is 2. The van der Waals surface area contributed by atoms with Gasteiger partial charge >= 0.3 is 5.97 Å². The Morgan fingerprint density at radius 2 is 2.19 bits per heavy atom. The molecule has 0 fully saturated rings. The van der Waals surface area contributed by atoms with Gasteiger partial charge in [-0.2, -0.15) is 0 Å². The first kappa shape index (κ1) is 16.2. The summed E-state index contributed by atoms with van der Waals surface area (Å²) in [4.78, 5) is 23.9. The van der Waals surface area contributed by atoms with Crippen molar-refractivity contribution in [3.8, 4) is 0 Å². The smallest absolute Gasteiger partial charge is 0.306 e. The summed E-state index contributed by atoms with van der Waals surface area (Å²) >= 11 is 6.31. The fourth-order valence-corrected chi connectivity index (χ4v) is 3.42. The molecule has 1 amide bonds. The maximum absolute atomic E-state index is 11.6. The Morgan fingerprint density at radius 3 is 2.86 bits per heavy atom. The zero-order valence-electron chi connectivity index (χ0n) is 11.1. The van der Waals surface area contributed by atoms with Gasteiger partial charge in [-0.1, -0.05) is 6.07 Å². The summed E-state index contributed by atoms with van der Waals surface area (Å²) in [6.07, 6.45) is 0.874. The molecule has 0 unspecified atom stereocenters. The zero-order valence-corrected chi connectivity index (χ0v) is 14.4. The number of hydrogen-bond acceptors (Lipinski definition) is 5. The summed E-state index contributed by atoms with van der Waals surface area (Å²) in [6, 6.07) is 5.53. The number of amides is 1. The van der Waals surface area contributed by atoms with Crippen LogP contribution in [0.25, 0.3) is 0 Å². The number of hydrogen-bond donors (Lipinski definition) is 1. The van der Waals surface area contributed by atoms with Crippen LogP contribution in [0.1, 0.15) is 28.1 Å². The van der Waals surface area contributed by atoms with Crippen LogP contribution in [0.4, 0.5) is 0 Å². The molecule has 0 aliphatic heterocycles. The largest absolute Gasteiger partial charge is 0.461 e. The van der Waals surface area contributed by atoms with E-state index in [4.69, 9.17) is 4.74 Å². The van der Waals surface area contributed by atoms with Crippen LogP contribution in [0.2, 0.25) is 0 Å². The van der Waals surface area contributed by atoms with Crippen molar-refractivity contribution in [1.82, 2.24) is 5.32 Å². The third kappa shape index (κ3) is 5.61. The van der Waals surface area contributed by atoms with E-state index < -0.39 is 0 Å². The predicted molar refractivity (Wildman–Crippen MR) is 87.7 cm³/mol. The fraction of sp³-hybridized carbons (Fsp3) is 0.286. The summed E-state index contributed by atoms with van der Waals surface area (Å²) in [6.45, 7) is 0.762. The lowest BCUT2D eigenvalue weighted by molar-refractivity contribution is -0.145. The summed E-state index contributed by atoms with van der Waals surface area (Å²) in [5.41, 5.74) is 0.978. The molecule has 2 rings (SSSR count). The highest BCUT2D eigenvalue weighted by Gasteiger charge is 2.07. The van der Waals surface area contributed by atoms with Crippen molar-refractivity contribution in [2.45, 2.75) is 19.4 Å². The van der Waals surface area contributed by atoms with Gasteiger partial charge in [0.1, 0.15) is 6.61 Å². The van der Waals surface area contributed by atoms with E-state index >= 15 is 0 Å². The Hall–Kier alpha value is -1.18. The van der Waals surface area contributed by atoms with Crippen LogP contribution in [-0.4, -0.2) is 18.4 Å². The van der Waals surface area contributed by atoms with Gasteiger partial charge in [0.25, 0.3) is 5.91 Å². The number of halogens is 1. The molecule has 7 heteroatoms. The minimum absolute atomic E-state index is 0.0958. The zero-order chi connectivity index (χ0) is 15.1. The molecule has 21 heavy (non-hydrogen) atoms. The van der Waals surface area contributed by atoms with Crippen LogP contribution in [0, 0.1) is 0 Å². The maximum atomic E-state index is 11.6. The molecule has 0 atom stereocenters. The second-order valence-electron chi connectivity index (χ2n) is 4.26. The van der Waals surface area contributed by atoms with Crippen LogP contribution < -0.4 is 5.32 Å². The van der Waals surface area contributed by atoms with Gasteiger partial charge in [0.15, 0.2) is 0 Å². The summed E-state index contributed by atoms with van der Waals surface area (Å²) in [7, 11) is 0. The molecule has 1 N–H and O–H groups in total. The minimum atomic E-state index is -0.248. The van der Waals surface area contributed by atoms with Gasteiger partial charge in [-0.25, -0.2) is 0 Å². The third-order valence-corrected chi connectivity index (χ3v) is 5.03. The van der Waals surface area contributed by atoms with Crippen molar-refractivity contribution in [2.75, 3.05) is 6.54 Å². The van der Waals surface area contributed by atoms with Crippen molar-refractivity contribution in [3.63, 3.8) is 0 Å².